The van der Waals surface area contributed by atoms with Gasteiger partial charge in [0.15, 0.2) is 17.3 Å². The zero-order valence-corrected chi connectivity index (χ0v) is 14.7. The van der Waals surface area contributed by atoms with Gasteiger partial charge in [-0.1, -0.05) is 12.1 Å². The summed E-state index contributed by atoms with van der Waals surface area (Å²) >= 11 is 0. The van der Waals surface area contributed by atoms with Crippen molar-refractivity contribution in [2.75, 3.05) is 26.9 Å². The molecule has 1 atom stereocenters. The molecule has 3 aliphatic rings. The van der Waals surface area contributed by atoms with Gasteiger partial charge >= 0.3 is 5.97 Å². The van der Waals surface area contributed by atoms with Crippen molar-refractivity contribution in [2.24, 2.45) is 0 Å². The molecule has 0 aromatic heterocycles. The van der Waals surface area contributed by atoms with Crippen LogP contribution in [0.1, 0.15) is 38.2 Å². The average molecular weight is 348 g/mol. The monoisotopic (exact) mass is 348 g/mol. The van der Waals surface area contributed by atoms with Crippen LogP contribution in [0.3, 0.4) is 0 Å². The van der Waals surface area contributed by atoms with E-state index in [1.165, 1.54) is 0 Å². The van der Waals surface area contributed by atoms with Crippen molar-refractivity contribution < 1.29 is 28.5 Å². The average Bonchev–Trinajstić information content (AvgIpc) is 3.21. The molecule has 4 rings (SSSR count). The summed E-state index contributed by atoms with van der Waals surface area (Å²) < 4.78 is 28.6. The predicted octanol–water partition coefficient (Wildman–Crippen LogP) is 2.57. The third kappa shape index (κ3) is 2.50. The maximum Gasteiger partial charge on any atom is 0.348 e. The highest BCUT2D eigenvalue weighted by Crippen LogP contribution is 2.56. The first-order valence-electron chi connectivity index (χ1n) is 8.93. The number of esters is 1. The Labute approximate surface area is 147 Å². The summed E-state index contributed by atoms with van der Waals surface area (Å²) in [6, 6.07) is 5.84. The number of hydrogen-bond acceptors (Lipinski definition) is 6. The number of ether oxygens (including phenoxy) is 5. The predicted molar refractivity (Wildman–Crippen MR) is 88.8 cm³/mol. The van der Waals surface area contributed by atoms with Crippen LogP contribution in [0.5, 0.6) is 11.5 Å². The van der Waals surface area contributed by atoms with Gasteiger partial charge in [0.25, 0.3) is 0 Å². The highest BCUT2D eigenvalue weighted by atomic mass is 16.7. The molecule has 1 aromatic rings. The first-order chi connectivity index (χ1) is 12.1. The van der Waals surface area contributed by atoms with Crippen molar-refractivity contribution in [3.05, 3.63) is 23.8 Å². The molecule has 1 aromatic carbocycles. The molecule has 2 spiro atoms. The third-order valence-electron chi connectivity index (χ3n) is 5.69. The number of hydrogen-bond donors (Lipinski definition) is 0. The van der Waals surface area contributed by atoms with E-state index in [9.17, 15) is 4.79 Å². The Morgan fingerprint density at radius 1 is 1.20 bits per heavy atom. The number of methoxy groups -OCH3 is 1. The minimum absolute atomic E-state index is 0.315. The zero-order chi connectivity index (χ0) is 17.5. The molecule has 1 saturated heterocycles. The maximum absolute atomic E-state index is 12.6. The molecule has 2 aliphatic heterocycles. The number of fused-ring (bicyclic) bond motifs is 2. The highest BCUT2D eigenvalue weighted by molar-refractivity contribution is 5.80. The quantitative estimate of drug-likeness (QED) is 0.783. The molecule has 0 bridgehead atoms. The number of benzene rings is 1. The smallest absolute Gasteiger partial charge is 0.348 e. The zero-order valence-electron chi connectivity index (χ0n) is 14.7. The van der Waals surface area contributed by atoms with E-state index < -0.39 is 17.3 Å². The molecule has 1 unspecified atom stereocenters. The van der Waals surface area contributed by atoms with Crippen LogP contribution in [-0.2, 0) is 24.4 Å². The van der Waals surface area contributed by atoms with Crippen LogP contribution in [0.25, 0.3) is 0 Å². The SMILES string of the molecule is CCOC(=O)C1Oc2c(OC)cccc2C12CCC1(CC2)OCCO1. The summed E-state index contributed by atoms with van der Waals surface area (Å²) in [5.74, 6) is 0.501. The molecule has 1 saturated carbocycles. The molecule has 2 fully saturated rings. The summed E-state index contributed by atoms with van der Waals surface area (Å²) in [5.41, 5.74) is 0.606. The second-order valence-electron chi connectivity index (χ2n) is 6.85. The Morgan fingerprint density at radius 2 is 1.92 bits per heavy atom. The van der Waals surface area contributed by atoms with Crippen molar-refractivity contribution in [3.8, 4) is 11.5 Å². The summed E-state index contributed by atoms with van der Waals surface area (Å²) in [6.07, 6.45) is 2.32. The summed E-state index contributed by atoms with van der Waals surface area (Å²) in [7, 11) is 1.61. The van der Waals surface area contributed by atoms with Gasteiger partial charge in [0.2, 0.25) is 6.10 Å². The molecule has 1 aliphatic carbocycles. The van der Waals surface area contributed by atoms with Gasteiger partial charge < -0.3 is 23.7 Å². The standard InChI is InChI=1S/C19H24O6/c1-3-22-17(20)16-18(7-9-19(10-8-18)23-11-12-24-19)13-5-4-6-14(21-2)15(13)25-16/h4-6,16H,3,7-12H2,1-2H3. The molecular formula is C19H24O6. The van der Waals surface area contributed by atoms with Gasteiger partial charge in [0.1, 0.15) is 0 Å². The second-order valence-corrected chi connectivity index (χ2v) is 6.85. The van der Waals surface area contributed by atoms with E-state index >= 15 is 0 Å². The fourth-order valence-corrected chi connectivity index (χ4v) is 4.45. The molecule has 136 valence electrons. The van der Waals surface area contributed by atoms with E-state index in [4.69, 9.17) is 23.7 Å². The Bertz CT molecular complexity index is 654. The first kappa shape index (κ1) is 16.7. The Morgan fingerprint density at radius 3 is 2.56 bits per heavy atom. The van der Waals surface area contributed by atoms with Gasteiger partial charge in [0.05, 0.1) is 26.9 Å². The van der Waals surface area contributed by atoms with Crippen LogP contribution in [-0.4, -0.2) is 44.8 Å². The minimum atomic E-state index is -0.655. The number of rotatable bonds is 3. The van der Waals surface area contributed by atoms with Crippen LogP contribution in [0, 0.1) is 0 Å². The van der Waals surface area contributed by atoms with Gasteiger partial charge in [-0.2, -0.15) is 0 Å². The fraction of sp³-hybridized carbons (Fsp3) is 0.632. The fourth-order valence-electron chi connectivity index (χ4n) is 4.45. The minimum Gasteiger partial charge on any atom is -0.493 e. The Kier molecular flexibility index (Phi) is 4.12. The van der Waals surface area contributed by atoms with Gasteiger partial charge in [0, 0.05) is 23.8 Å². The summed E-state index contributed by atoms with van der Waals surface area (Å²) in [6.45, 7) is 3.41. The van der Waals surface area contributed by atoms with E-state index in [2.05, 4.69) is 0 Å². The maximum atomic E-state index is 12.6. The number of para-hydroxylation sites is 1. The molecule has 0 radical (unpaired) electrons. The van der Waals surface area contributed by atoms with E-state index in [0.29, 0.717) is 31.3 Å². The number of carbonyl (C=O) groups excluding carboxylic acids is 1. The Hall–Kier alpha value is -1.79. The summed E-state index contributed by atoms with van der Waals surface area (Å²) in [4.78, 5) is 12.6. The van der Waals surface area contributed by atoms with Gasteiger partial charge in [-0.25, -0.2) is 4.79 Å². The van der Waals surface area contributed by atoms with Crippen molar-refractivity contribution in [2.45, 2.75) is 49.9 Å². The number of carbonyl (C=O) groups is 1. The molecule has 0 N–H and O–H groups in total. The normalized spacial score (nSPS) is 25.6. The molecule has 0 amide bonds. The van der Waals surface area contributed by atoms with Crippen molar-refractivity contribution in [1.82, 2.24) is 0 Å². The van der Waals surface area contributed by atoms with Crippen LogP contribution in [0.15, 0.2) is 18.2 Å². The molecule has 6 nitrogen and oxygen atoms in total. The van der Waals surface area contributed by atoms with E-state index in [1.54, 1.807) is 7.11 Å². The van der Waals surface area contributed by atoms with E-state index in [0.717, 1.165) is 31.2 Å². The highest BCUT2D eigenvalue weighted by Gasteiger charge is 2.58. The Balaban J connectivity index is 1.71. The van der Waals surface area contributed by atoms with E-state index in [-0.39, 0.29) is 5.97 Å². The van der Waals surface area contributed by atoms with Crippen molar-refractivity contribution >= 4 is 5.97 Å². The second kappa shape index (κ2) is 6.18. The van der Waals surface area contributed by atoms with Gasteiger partial charge in [-0.3, -0.25) is 0 Å². The van der Waals surface area contributed by atoms with Gasteiger partial charge in [-0.05, 0) is 25.8 Å². The van der Waals surface area contributed by atoms with Crippen molar-refractivity contribution in [3.63, 3.8) is 0 Å². The van der Waals surface area contributed by atoms with Crippen LogP contribution < -0.4 is 9.47 Å². The van der Waals surface area contributed by atoms with Crippen LogP contribution in [0.2, 0.25) is 0 Å². The lowest BCUT2D eigenvalue weighted by atomic mass is 9.65. The van der Waals surface area contributed by atoms with Gasteiger partial charge in [-0.15, -0.1) is 0 Å². The lowest BCUT2D eigenvalue weighted by molar-refractivity contribution is -0.191. The topological polar surface area (TPSA) is 63.2 Å². The molecular weight excluding hydrogens is 324 g/mol. The summed E-state index contributed by atoms with van der Waals surface area (Å²) in [5, 5.41) is 0. The third-order valence-corrected chi connectivity index (χ3v) is 5.69. The van der Waals surface area contributed by atoms with Crippen LogP contribution >= 0.6 is 0 Å². The molecule has 25 heavy (non-hydrogen) atoms. The largest absolute Gasteiger partial charge is 0.493 e. The van der Waals surface area contributed by atoms with E-state index in [1.807, 2.05) is 25.1 Å². The van der Waals surface area contributed by atoms with Crippen LogP contribution in [0.4, 0.5) is 0 Å². The molecule has 2 heterocycles. The van der Waals surface area contributed by atoms with Crippen molar-refractivity contribution in [1.29, 1.82) is 0 Å². The lowest BCUT2D eigenvalue weighted by Crippen LogP contribution is -2.50. The molecule has 6 heteroatoms. The lowest BCUT2D eigenvalue weighted by Gasteiger charge is -2.43. The first-order valence-corrected chi connectivity index (χ1v) is 8.93.